The van der Waals surface area contributed by atoms with Crippen LogP contribution in [0.15, 0.2) is 54.7 Å². The Hall–Kier alpha value is -3.94. The number of pyridine rings is 1. The summed E-state index contributed by atoms with van der Waals surface area (Å²) in [5, 5.41) is 4.87. The average molecular weight is 390 g/mol. The SMILES string of the molecule is CN1C(=O)c2cnc3c(c(-c4ccccc4)nn3-c3cc(F)cc(F)c3)c2C1=O. The van der Waals surface area contributed by atoms with E-state index in [1.807, 2.05) is 6.07 Å². The van der Waals surface area contributed by atoms with Crippen molar-refractivity contribution in [3.63, 3.8) is 0 Å². The van der Waals surface area contributed by atoms with Crippen LogP contribution in [0, 0.1) is 11.6 Å². The number of hydrogen-bond donors (Lipinski definition) is 0. The molecule has 3 heterocycles. The monoisotopic (exact) mass is 390 g/mol. The van der Waals surface area contributed by atoms with Crippen LogP contribution in [0.25, 0.3) is 28.0 Å². The first-order chi connectivity index (χ1) is 14.0. The van der Waals surface area contributed by atoms with Gasteiger partial charge in [-0.2, -0.15) is 5.10 Å². The zero-order valence-electron chi connectivity index (χ0n) is 15.1. The van der Waals surface area contributed by atoms with Crippen molar-refractivity contribution in [3.05, 3.63) is 77.5 Å². The highest BCUT2D eigenvalue weighted by Gasteiger charge is 2.37. The van der Waals surface area contributed by atoms with Gasteiger partial charge in [-0.3, -0.25) is 14.5 Å². The average Bonchev–Trinajstić information content (AvgIpc) is 3.20. The van der Waals surface area contributed by atoms with E-state index in [9.17, 15) is 18.4 Å². The maximum Gasteiger partial charge on any atom is 0.262 e. The molecule has 2 aromatic carbocycles. The third-order valence-corrected chi connectivity index (χ3v) is 4.89. The molecule has 1 aliphatic heterocycles. The van der Waals surface area contributed by atoms with Crippen molar-refractivity contribution in [2.24, 2.45) is 0 Å². The quantitative estimate of drug-likeness (QED) is 0.491. The van der Waals surface area contributed by atoms with Gasteiger partial charge in [0.25, 0.3) is 11.8 Å². The predicted molar refractivity (Wildman–Crippen MR) is 101 cm³/mol. The lowest BCUT2D eigenvalue weighted by Gasteiger charge is -2.04. The molecular weight excluding hydrogens is 378 g/mol. The third-order valence-electron chi connectivity index (χ3n) is 4.89. The van der Waals surface area contributed by atoms with Crippen molar-refractivity contribution in [1.29, 1.82) is 0 Å². The van der Waals surface area contributed by atoms with Crippen LogP contribution in [0.2, 0.25) is 0 Å². The summed E-state index contributed by atoms with van der Waals surface area (Å²) < 4.78 is 28.9. The Balaban J connectivity index is 1.91. The molecule has 2 aromatic heterocycles. The molecule has 29 heavy (non-hydrogen) atoms. The fraction of sp³-hybridized carbons (Fsp3) is 0.0476. The number of aromatic nitrogens is 3. The van der Waals surface area contributed by atoms with Crippen LogP contribution in [-0.2, 0) is 0 Å². The Morgan fingerprint density at radius 3 is 2.31 bits per heavy atom. The Bertz CT molecular complexity index is 1310. The summed E-state index contributed by atoms with van der Waals surface area (Å²) in [7, 11) is 1.39. The summed E-state index contributed by atoms with van der Waals surface area (Å²) in [6.07, 6.45) is 1.30. The first-order valence-corrected chi connectivity index (χ1v) is 8.71. The van der Waals surface area contributed by atoms with E-state index in [1.165, 1.54) is 17.9 Å². The molecule has 4 aromatic rings. The van der Waals surface area contributed by atoms with E-state index in [4.69, 9.17) is 0 Å². The number of carbonyl (C=O) groups excluding carboxylic acids is 2. The molecule has 5 rings (SSSR count). The molecule has 0 fully saturated rings. The first-order valence-electron chi connectivity index (χ1n) is 8.71. The topological polar surface area (TPSA) is 68.1 Å². The smallest absolute Gasteiger partial charge is 0.262 e. The van der Waals surface area contributed by atoms with Gasteiger partial charge in [-0.25, -0.2) is 18.4 Å². The summed E-state index contributed by atoms with van der Waals surface area (Å²) in [5.41, 5.74) is 1.78. The molecule has 0 bridgehead atoms. The lowest BCUT2D eigenvalue weighted by molar-refractivity contribution is 0.0693. The summed E-state index contributed by atoms with van der Waals surface area (Å²) >= 11 is 0. The zero-order chi connectivity index (χ0) is 20.3. The molecule has 6 nitrogen and oxygen atoms in total. The normalized spacial score (nSPS) is 13.4. The number of carbonyl (C=O) groups is 2. The van der Waals surface area contributed by atoms with E-state index in [1.54, 1.807) is 24.3 Å². The molecule has 2 amide bonds. The van der Waals surface area contributed by atoms with Gasteiger partial charge < -0.3 is 0 Å². The van der Waals surface area contributed by atoms with E-state index in [0.29, 0.717) is 16.6 Å². The molecular formula is C21H12F2N4O2. The second-order valence-electron chi connectivity index (χ2n) is 6.67. The van der Waals surface area contributed by atoms with Crippen LogP contribution in [0.3, 0.4) is 0 Å². The molecule has 0 unspecified atom stereocenters. The Kier molecular flexibility index (Phi) is 3.57. The highest BCUT2D eigenvalue weighted by molar-refractivity contribution is 6.27. The number of rotatable bonds is 2. The lowest BCUT2D eigenvalue weighted by atomic mass is 10.0. The number of amides is 2. The van der Waals surface area contributed by atoms with Crippen LogP contribution < -0.4 is 0 Å². The fourth-order valence-corrected chi connectivity index (χ4v) is 3.55. The van der Waals surface area contributed by atoms with Crippen molar-refractivity contribution in [2.45, 2.75) is 0 Å². The van der Waals surface area contributed by atoms with Crippen molar-refractivity contribution >= 4 is 22.8 Å². The molecule has 0 atom stereocenters. The standard InChI is InChI=1S/C21H12F2N4O2/c1-26-20(28)15-10-24-19-17(16(15)21(26)29)18(11-5-3-2-4-6-11)25-27(19)14-8-12(22)7-13(23)9-14/h2-10H,1H3. The molecule has 8 heteroatoms. The summed E-state index contributed by atoms with van der Waals surface area (Å²) in [4.78, 5) is 30.5. The van der Waals surface area contributed by atoms with Gasteiger partial charge in [-0.1, -0.05) is 30.3 Å². The number of nitrogens with zero attached hydrogens (tertiary/aromatic N) is 4. The highest BCUT2D eigenvalue weighted by atomic mass is 19.1. The van der Waals surface area contributed by atoms with E-state index in [2.05, 4.69) is 10.1 Å². The van der Waals surface area contributed by atoms with Crippen LogP contribution in [0.5, 0.6) is 0 Å². The largest absolute Gasteiger partial charge is 0.277 e. The van der Waals surface area contributed by atoms with Gasteiger partial charge >= 0.3 is 0 Å². The number of hydrogen-bond acceptors (Lipinski definition) is 4. The number of fused-ring (bicyclic) bond motifs is 3. The highest BCUT2D eigenvalue weighted by Crippen LogP contribution is 2.36. The van der Waals surface area contributed by atoms with E-state index >= 15 is 0 Å². The Morgan fingerprint density at radius 1 is 0.931 bits per heavy atom. The molecule has 142 valence electrons. The minimum absolute atomic E-state index is 0.118. The number of benzene rings is 2. The second kappa shape index (κ2) is 6.03. The fourth-order valence-electron chi connectivity index (χ4n) is 3.55. The zero-order valence-corrected chi connectivity index (χ0v) is 15.1. The van der Waals surface area contributed by atoms with E-state index < -0.39 is 23.4 Å². The van der Waals surface area contributed by atoms with Crippen molar-refractivity contribution < 1.29 is 18.4 Å². The van der Waals surface area contributed by atoms with Gasteiger partial charge in [0.15, 0.2) is 5.65 Å². The molecule has 0 spiro atoms. The molecule has 0 aliphatic carbocycles. The molecule has 0 N–H and O–H groups in total. The molecule has 0 saturated carbocycles. The van der Waals surface area contributed by atoms with Gasteiger partial charge in [0, 0.05) is 24.9 Å². The molecule has 1 aliphatic rings. The van der Waals surface area contributed by atoms with Gasteiger partial charge in [-0.15, -0.1) is 0 Å². The van der Waals surface area contributed by atoms with Crippen molar-refractivity contribution in [3.8, 4) is 16.9 Å². The first kappa shape index (κ1) is 17.2. The maximum absolute atomic E-state index is 13.8. The van der Waals surface area contributed by atoms with E-state index in [-0.39, 0.29) is 22.5 Å². The predicted octanol–water partition coefficient (Wildman–Crippen LogP) is 3.59. The van der Waals surface area contributed by atoms with Gasteiger partial charge in [0.2, 0.25) is 0 Å². The summed E-state index contributed by atoms with van der Waals surface area (Å²) in [6, 6.07) is 12.0. The van der Waals surface area contributed by atoms with E-state index in [0.717, 1.165) is 23.1 Å². The molecule has 0 radical (unpaired) electrons. The minimum Gasteiger partial charge on any atom is -0.277 e. The second-order valence-corrected chi connectivity index (χ2v) is 6.67. The van der Waals surface area contributed by atoms with Crippen LogP contribution in [0.4, 0.5) is 8.78 Å². The van der Waals surface area contributed by atoms with Crippen LogP contribution >= 0.6 is 0 Å². The van der Waals surface area contributed by atoms with Gasteiger partial charge in [0.1, 0.15) is 17.3 Å². The van der Waals surface area contributed by atoms with Crippen molar-refractivity contribution in [2.75, 3.05) is 7.05 Å². The number of imide groups is 1. The Morgan fingerprint density at radius 2 is 1.62 bits per heavy atom. The minimum atomic E-state index is -0.767. The van der Waals surface area contributed by atoms with Crippen LogP contribution in [-0.4, -0.2) is 38.5 Å². The maximum atomic E-state index is 13.8. The van der Waals surface area contributed by atoms with Crippen molar-refractivity contribution in [1.82, 2.24) is 19.7 Å². The Labute approximate surface area is 163 Å². The summed E-state index contributed by atoms with van der Waals surface area (Å²) in [6.45, 7) is 0. The molecule has 0 saturated heterocycles. The summed E-state index contributed by atoms with van der Waals surface area (Å²) in [5.74, 6) is -2.46. The third kappa shape index (κ3) is 2.46. The number of halogens is 2. The lowest BCUT2D eigenvalue weighted by Crippen LogP contribution is -2.24. The van der Waals surface area contributed by atoms with Gasteiger partial charge in [0.05, 0.1) is 22.2 Å². The van der Waals surface area contributed by atoms with Crippen LogP contribution in [0.1, 0.15) is 20.7 Å². The van der Waals surface area contributed by atoms with Gasteiger partial charge in [-0.05, 0) is 12.1 Å².